The summed E-state index contributed by atoms with van der Waals surface area (Å²) < 4.78 is 25.9. The van der Waals surface area contributed by atoms with Crippen molar-refractivity contribution in [2.45, 2.75) is 12.1 Å². The molecule has 0 bridgehead atoms. The second kappa shape index (κ2) is 4.89. The molecule has 5 heteroatoms. The average molecular weight is 280 g/mol. The monoisotopic (exact) mass is 280 g/mol. The molecule has 2 aromatic rings. The van der Waals surface area contributed by atoms with Crippen molar-refractivity contribution >= 4 is 7.60 Å². The third-order valence-corrected chi connectivity index (χ3v) is 4.98. The lowest BCUT2D eigenvalue weighted by Crippen LogP contribution is -2.25. The minimum absolute atomic E-state index is 0.00506. The first-order chi connectivity index (χ1) is 8.87. The van der Waals surface area contributed by atoms with Gasteiger partial charge in [-0.05, 0) is 18.6 Å². The van der Waals surface area contributed by atoms with Gasteiger partial charge in [0.2, 0.25) is 0 Å². The van der Waals surface area contributed by atoms with Crippen LogP contribution in [-0.2, 0) is 9.72 Å². The Morgan fingerprint density at radius 2 is 1.53 bits per heavy atom. The van der Waals surface area contributed by atoms with E-state index in [1.54, 1.807) is 36.4 Å². The molecule has 0 radical (unpaired) electrons. The minimum atomic E-state index is -4.60. The van der Waals surface area contributed by atoms with Gasteiger partial charge >= 0.3 is 7.60 Å². The number of rotatable bonds is 3. The first kappa shape index (κ1) is 13.9. The van der Waals surface area contributed by atoms with Gasteiger partial charge in [-0.3, -0.25) is 4.57 Å². The van der Waals surface area contributed by atoms with Crippen LogP contribution in [0.2, 0.25) is 0 Å². The third-order valence-electron chi connectivity index (χ3n) is 3.32. The molecule has 0 aliphatic carbocycles. The molecule has 0 heterocycles. The van der Waals surface area contributed by atoms with Crippen LogP contribution >= 0.6 is 7.60 Å². The highest BCUT2D eigenvalue weighted by Gasteiger charge is 2.47. The smallest absolute Gasteiger partial charge is 0.324 e. The fraction of sp³-hybridized carbons (Fsp3) is 0.143. The maximum absolute atomic E-state index is 14.0. The Balaban J connectivity index is 2.75. The van der Waals surface area contributed by atoms with Gasteiger partial charge in [-0.1, -0.05) is 48.5 Å². The number of hydrogen-bond donors (Lipinski definition) is 2. The molecule has 19 heavy (non-hydrogen) atoms. The maximum atomic E-state index is 14.0. The van der Waals surface area contributed by atoms with Crippen LogP contribution in [-0.4, -0.2) is 9.79 Å². The van der Waals surface area contributed by atoms with Gasteiger partial charge in [0.05, 0.1) is 0 Å². The molecule has 0 aromatic heterocycles. The van der Waals surface area contributed by atoms with Crippen molar-refractivity contribution in [1.82, 2.24) is 0 Å². The van der Waals surface area contributed by atoms with Gasteiger partial charge in [-0.15, -0.1) is 0 Å². The molecule has 0 aliphatic heterocycles. The van der Waals surface area contributed by atoms with Gasteiger partial charge in [-0.25, -0.2) is 4.39 Å². The predicted molar refractivity (Wildman–Crippen MR) is 71.3 cm³/mol. The van der Waals surface area contributed by atoms with E-state index in [4.69, 9.17) is 0 Å². The van der Waals surface area contributed by atoms with Crippen LogP contribution in [0.25, 0.3) is 0 Å². The first-order valence-electron chi connectivity index (χ1n) is 5.73. The minimum Gasteiger partial charge on any atom is -0.324 e. The van der Waals surface area contributed by atoms with E-state index in [0.29, 0.717) is 5.56 Å². The topological polar surface area (TPSA) is 57.5 Å². The molecule has 0 saturated heterocycles. The van der Waals surface area contributed by atoms with Gasteiger partial charge in [0.15, 0.2) is 0 Å². The summed E-state index contributed by atoms with van der Waals surface area (Å²) in [7, 11) is -4.60. The second-order valence-electron chi connectivity index (χ2n) is 4.46. The third kappa shape index (κ3) is 2.35. The van der Waals surface area contributed by atoms with Crippen LogP contribution in [0, 0.1) is 5.82 Å². The lowest BCUT2D eigenvalue weighted by atomic mass is 9.91. The summed E-state index contributed by atoms with van der Waals surface area (Å²) in [5.41, 5.74) is 0.378. The molecule has 3 nitrogen and oxygen atoms in total. The Kier molecular flexibility index (Phi) is 3.59. The molecule has 0 saturated carbocycles. The Morgan fingerprint density at radius 3 is 2.05 bits per heavy atom. The highest BCUT2D eigenvalue weighted by molar-refractivity contribution is 7.53. The van der Waals surface area contributed by atoms with Gasteiger partial charge in [0, 0.05) is 5.56 Å². The number of benzene rings is 2. The van der Waals surface area contributed by atoms with Crippen LogP contribution in [0.4, 0.5) is 4.39 Å². The summed E-state index contributed by atoms with van der Waals surface area (Å²) in [6, 6.07) is 13.9. The Bertz CT molecular complexity index is 624. The summed E-state index contributed by atoms with van der Waals surface area (Å²) in [4.78, 5) is 19.4. The summed E-state index contributed by atoms with van der Waals surface area (Å²) in [5.74, 6) is -0.628. The molecule has 2 aromatic carbocycles. The Morgan fingerprint density at radius 1 is 1.00 bits per heavy atom. The summed E-state index contributed by atoms with van der Waals surface area (Å²) in [6.45, 7) is 1.36. The highest BCUT2D eigenvalue weighted by Crippen LogP contribution is 2.60. The van der Waals surface area contributed by atoms with Crippen molar-refractivity contribution in [2.75, 3.05) is 0 Å². The Hall–Kier alpha value is -1.48. The van der Waals surface area contributed by atoms with Crippen molar-refractivity contribution in [3.8, 4) is 0 Å². The molecule has 2 N–H and O–H groups in total. The SMILES string of the molecule is CC(c1ccccc1)(c1ccccc1F)P(=O)(O)O. The van der Waals surface area contributed by atoms with Crippen LogP contribution in [0.15, 0.2) is 54.6 Å². The summed E-state index contributed by atoms with van der Waals surface area (Å²) in [6.07, 6.45) is 0. The predicted octanol–water partition coefficient (Wildman–Crippen LogP) is 3.27. The normalized spacial score (nSPS) is 14.9. The van der Waals surface area contributed by atoms with Gasteiger partial charge < -0.3 is 9.79 Å². The quantitative estimate of drug-likeness (QED) is 0.848. The van der Waals surface area contributed by atoms with Crippen LogP contribution in [0.5, 0.6) is 0 Å². The molecular formula is C14H14FO3P. The zero-order chi connectivity index (χ0) is 14.1. The zero-order valence-corrected chi connectivity index (χ0v) is 11.2. The van der Waals surface area contributed by atoms with E-state index in [2.05, 4.69) is 0 Å². The lowest BCUT2D eigenvalue weighted by molar-refractivity contribution is 0.341. The first-order valence-corrected chi connectivity index (χ1v) is 7.35. The van der Waals surface area contributed by atoms with Crippen molar-refractivity contribution in [2.24, 2.45) is 0 Å². The van der Waals surface area contributed by atoms with E-state index >= 15 is 0 Å². The molecule has 1 atom stereocenters. The standard InChI is InChI=1S/C14H14FO3P/c1-14(19(16,17)18,11-7-3-2-4-8-11)12-9-5-6-10-13(12)15/h2-10H,1H3,(H2,16,17,18). The largest absolute Gasteiger partial charge is 0.340 e. The zero-order valence-electron chi connectivity index (χ0n) is 10.3. The fourth-order valence-corrected chi connectivity index (χ4v) is 3.08. The summed E-state index contributed by atoms with van der Waals surface area (Å²) in [5, 5.41) is -1.69. The second-order valence-corrected chi connectivity index (χ2v) is 6.44. The van der Waals surface area contributed by atoms with E-state index in [1.165, 1.54) is 25.1 Å². The van der Waals surface area contributed by atoms with Gasteiger partial charge in [0.1, 0.15) is 11.0 Å². The lowest BCUT2D eigenvalue weighted by Gasteiger charge is -2.31. The van der Waals surface area contributed by atoms with E-state index in [0.717, 1.165) is 0 Å². The molecule has 1 unspecified atom stereocenters. The van der Waals surface area contributed by atoms with Crippen molar-refractivity contribution < 1.29 is 18.7 Å². The molecule has 0 spiro atoms. The van der Waals surface area contributed by atoms with Gasteiger partial charge in [-0.2, -0.15) is 0 Å². The summed E-state index contributed by atoms with van der Waals surface area (Å²) >= 11 is 0. The van der Waals surface area contributed by atoms with Crippen LogP contribution in [0.1, 0.15) is 18.1 Å². The van der Waals surface area contributed by atoms with Crippen LogP contribution < -0.4 is 0 Å². The molecule has 0 aliphatic rings. The van der Waals surface area contributed by atoms with E-state index < -0.39 is 18.6 Å². The van der Waals surface area contributed by atoms with Crippen molar-refractivity contribution in [3.05, 3.63) is 71.5 Å². The van der Waals surface area contributed by atoms with E-state index in [-0.39, 0.29) is 5.56 Å². The molecule has 0 amide bonds. The fourth-order valence-electron chi connectivity index (χ4n) is 2.10. The highest BCUT2D eigenvalue weighted by atomic mass is 31.2. The van der Waals surface area contributed by atoms with E-state index in [9.17, 15) is 18.7 Å². The molecule has 100 valence electrons. The molecule has 2 rings (SSSR count). The average Bonchev–Trinajstić information content (AvgIpc) is 2.38. The van der Waals surface area contributed by atoms with E-state index in [1.807, 2.05) is 0 Å². The number of hydrogen-bond acceptors (Lipinski definition) is 1. The molecule has 0 fully saturated rings. The number of halogens is 1. The maximum Gasteiger partial charge on any atom is 0.340 e. The Labute approximate surface area is 110 Å². The van der Waals surface area contributed by atoms with Crippen molar-refractivity contribution in [1.29, 1.82) is 0 Å². The van der Waals surface area contributed by atoms with Gasteiger partial charge in [0.25, 0.3) is 0 Å². The van der Waals surface area contributed by atoms with Crippen LogP contribution in [0.3, 0.4) is 0 Å². The van der Waals surface area contributed by atoms with Crippen molar-refractivity contribution in [3.63, 3.8) is 0 Å². The molecular weight excluding hydrogens is 266 g/mol.